The van der Waals surface area contributed by atoms with Crippen molar-refractivity contribution in [2.24, 2.45) is 0 Å². The van der Waals surface area contributed by atoms with Gasteiger partial charge in [-0.05, 0) is 48.6 Å². The molecule has 5 heteroatoms. The number of rotatable bonds is 4. The van der Waals surface area contributed by atoms with Crippen LogP contribution in [0.15, 0.2) is 60.2 Å². The van der Waals surface area contributed by atoms with Gasteiger partial charge in [-0.25, -0.2) is 9.18 Å². The van der Waals surface area contributed by atoms with Crippen LogP contribution in [0.3, 0.4) is 0 Å². The molecule has 0 N–H and O–H groups in total. The summed E-state index contributed by atoms with van der Waals surface area (Å²) in [6.45, 7) is 3.21. The molecule has 2 bridgehead atoms. The number of carbonyl (C=O) groups excluding carboxylic acids is 1. The molecule has 2 aromatic carbocycles. The number of benzene rings is 2. The van der Waals surface area contributed by atoms with Crippen LogP contribution in [0.4, 0.5) is 9.18 Å². The zero-order valence-electron chi connectivity index (χ0n) is 15.9. The minimum absolute atomic E-state index is 0.0455. The van der Waals surface area contributed by atoms with Crippen LogP contribution in [0.5, 0.6) is 0 Å². The Balaban J connectivity index is 1.46. The van der Waals surface area contributed by atoms with Crippen LogP contribution in [0.1, 0.15) is 23.1 Å². The van der Waals surface area contributed by atoms with E-state index in [1.54, 1.807) is 11.0 Å². The SMILES string of the molecule is Cc1ccc(F)cc1CC1=CC2COCC(C1)N2C(=O)OCc1ccccc1. The van der Waals surface area contributed by atoms with E-state index in [1.807, 2.05) is 43.3 Å². The highest BCUT2D eigenvalue weighted by Gasteiger charge is 2.38. The van der Waals surface area contributed by atoms with Crippen molar-refractivity contribution in [3.63, 3.8) is 0 Å². The average molecular weight is 381 g/mol. The number of fused-ring (bicyclic) bond motifs is 2. The molecule has 1 fully saturated rings. The van der Waals surface area contributed by atoms with E-state index in [-0.39, 0.29) is 30.6 Å². The van der Waals surface area contributed by atoms with Crippen LogP contribution in [0.2, 0.25) is 0 Å². The predicted octanol–water partition coefficient (Wildman–Crippen LogP) is 4.41. The van der Waals surface area contributed by atoms with Crippen molar-refractivity contribution in [3.05, 3.63) is 82.7 Å². The summed E-state index contributed by atoms with van der Waals surface area (Å²) in [5, 5.41) is 0. The van der Waals surface area contributed by atoms with E-state index >= 15 is 0 Å². The normalized spacial score (nSPS) is 21.2. The Bertz CT molecular complexity index is 881. The van der Waals surface area contributed by atoms with Gasteiger partial charge < -0.3 is 9.47 Å². The molecule has 0 spiro atoms. The van der Waals surface area contributed by atoms with Gasteiger partial charge in [-0.3, -0.25) is 4.90 Å². The molecule has 1 saturated heterocycles. The van der Waals surface area contributed by atoms with Crippen LogP contribution in [-0.4, -0.2) is 36.3 Å². The lowest BCUT2D eigenvalue weighted by molar-refractivity contribution is -0.0374. The first-order valence-corrected chi connectivity index (χ1v) is 9.61. The standard InChI is InChI=1S/C23H24FNO3/c1-16-7-8-20(24)12-19(16)9-18-10-21-14-27-15-22(11-18)25(21)23(26)28-13-17-5-3-2-4-6-17/h2-8,10,12,21-22H,9,11,13-15H2,1H3. The van der Waals surface area contributed by atoms with Crippen molar-refractivity contribution >= 4 is 6.09 Å². The van der Waals surface area contributed by atoms with Crippen LogP contribution < -0.4 is 0 Å². The molecule has 2 aliphatic heterocycles. The van der Waals surface area contributed by atoms with Gasteiger partial charge >= 0.3 is 6.09 Å². The number of hydrogen-bond acceptors (Lipinski definition) is 3. The number of carbonyl (C=O) groups is 1. The minimum atomic E-state index is -0.306. The van der Waals surface area contributed by atoms with Crippen molar-refractivity contribution in [1.82, 2.24) is 4.90 Å². The number of ether oxygens (including phenoxy) is 2. The summed E-state index contributed by atoms with van der Waals surface area (Å²) in [4.78, 5) is 14.5. The number of halogens is 1. The molecule has 0 radical (unpaired) electrons. The van der Waals surface area contributed by atoms with Gasteiger partial charge in [0.2, 0.25) is 0 Å². The summed E-state index contributed by atoms with van der Waals surface area (Å²) in [6, 6.07) is 14.4. The quantitative estimate of drug-likeness (QED) is 0.737. The van der Waals surface area contributed by atoms with Crippen molar-refractivity contribution in [2.45, 2.75) is 38.5 Å². The van der Waals surface area contributed by atoms with Gasteiger partial charge in [0.25, 0.3) is 0 Å². The van der Waals surface area contributed by atoms with E-state index < -0.39 is 0 Å². The molecule has 2 aliphatic rings. The zero-order chi connectivity index (χ0) is 19.5. The second kappa shape index (κ2) is 8.15. The van der Waals surface area contributed by atoms with Gasteiger partial charge in [0, 0.05) is 0 Å². The third kappa shape index (κ3) is 4.09. The molecule has 0 saturated carbocycles. The monoisotopic (exact) mass is 381 g/mol. The highest BCUT2D eigenvalue weighted by Crippen LogP contribution is 2.30. The molecular weight excluding hydrogens is 357 g/mol. The molecule has 2 heterocycles. The van der Waals surface area contributed by atoms with Crippen molar-refractivity contribution in [2.75, 3.05) is 13.2 Å². The fourth-order valence-corrected chi connectivity index (χ4v) is 3.97. The number of amides is 1. The number of morpholine rings is 1. The molecular formula is C23H24FNO3. The fourth-order valence-electron chi connectivity index (χ4n) is 3.97. The summed E-state index contributed by atoms with van der Waals surface area (Å²) in [6.07, 6.45) is 3.19. The molecule has 146 valence electrons. The average Bonchev–Trinajstić information content (AvgIpc) is 2.69. The summed E-state index contributed by atoms with van der Waals surface area (Å²) in [7, 11) is 0. The zero-order valence-corrected chi connectivity index (χ0v) is 15.9. The smallest absolute Gasteiger partial charge is 0.411 e. The predicted molar refractivity (Wildman–Crippen MR) is 104 cm³/mol. The lowest BCUT2D eigenvalue weighted by atomic mass is 9.89. The van der Waals surface area contributed by atoms with Crippen molar-refractivity contribution in [3.8, 4) is 0 Å². The lowest BCUT2D eigenvalue weighted by Crippen LogP contribution is -2.56. The van der Waals surface area contributed by atoms with Crippen LogP contribution in [-0.2, 0) is 22.5 Å². The van der Waals surface area contributed by atoms with Crippen LogP contribution >= 0.6 is 0 Å². The maximum Gasteiger partial charge on any atom is 0.411 e. The Morgan fingerprint density at radius 1 is 1.21 bits per heavy atom. The fraction of sp³-hybridized carbons (Fsp3) is 0.348. The third-order valence-corrected chi connectivity index (χ3v) is 5.42. The second-order valence-corrected chi connectivity index (χ2v) is 7.48. The lowest BCUT2D eigenvalue weighted by Gasteiger charge is -2.43. The molecule has 28 heavy (non-hydrogen) atoms. The molecule has 0 aromatic heterocycles. The Labute approximate surface area is 164 Å². The first-order chi connectivity index (χ1) is 13.6. The Kier molecular flexibility index (Phi) is 5.44. The highest BCUT2D eigenvalue weighted by atomic mass is 19.1. The van der Waals surface area contributed by atoms with Crippen LogP contribution in [0.25, 0.3) is 0 Å². The van der Waals surface area contributed by atoms with Gasteiger partial charge in [0.1, 0.15) is 12.4 Å². The van der Waals surface area contributed by atoms with Gasteiger partial charge in [0.15, 0.2) is 0 Å². The summed E-state index contributed by atoms with van der Waals surface area (Å²) >= 11 is 0. The Morgan fingerprint density at radius 2 is 2.04 bits per heavy atom. The van der Waals surface area contributed by atoms with E-state index in [2.05, 4.69) is 6.08 Å². The maximum atomic E-state index is 13.6. The van der Waals surface area contributed by atoms with E-state index in [0.717, 1.165) is 16.7 Å². The number of nitrogens with zero attached hydrogens (tertiary/aromatic N) is 1. The molecule has 1 amide bonds. The Hall–Kier alpha value is -2.66. The van der Waals surface area contributed by atoms with E-state index in [9.17, 15) is 9.18 Å². The second-order valence-electron chi connectivity index (χ2n) is 7.48. The first kappa shape index (κ1) is 18.7. The first-order valence-electron chi connectivity index (χ1n) is 9.61. The summed E-state index contributed by atoms with van der Waals surface area (Å²) in [5.74, 6) is -0.216. The molecule has 2 unspecified atom stereocenters. The highest BCUT2D eigenvalue weighted by molar-refractivity contribution is 5.69. The van der Waals surface area contributed by atoms with Gasteiger partial charge in [-0.1, -0.05) is 48.0 Å². The molecule has 4 rings (SSSR count). The number of hydrogen-bond donors (Lipinski definition) is 0. The van der Waals surface area contributed by atoms with Crippen molar-refractivity contribution < 1.29 is 18.7 Å². The largest absolute Gasteiger partial charge is 0.445 e. The van der Waals surface area contributed by atoms with Crippen LogP contribution in [0, 0.1) is 12.7 Å². The molecule has 0 aliphatic carbocycles. The van der Waals surface area contributed by atoms with E-state index in [4.69, 9.17) is 9.47 Å². The topological polar surface area (TPSA) is 38.8 Å². The summed E-state index contributed by atoms with van der Waals surface area (Å²) in [5.41, 5.74) is 4.25. The minimum Gasteiger partial charge on any atom is -0.445 e. The molecule has 2 atom stereocenters. The van der Waals surface area contributed by atoms with Gasteiger partial charge in [-0.2, -0.15) is 0 Å². The molecule has 4 nitrogen and oxygen atoms in total. The third-order valence-electron chi connectivity index (χ3n) is 5.42. The summed E-state index contributed by atoms with van der Waals surface area (Å²) < 4.78 is 24.8. The number of aryl methyl sites for hydroxylation is 1. The van der Waals surface area contributed by atoms with E-state index in [1.165, 1.54) is 11.6 Å². The van der Waals surface area contributed by atoms with Crippen molar-refractivity contribution in [1.29, 1.82) is 0 Å². The van der Waals surface area contributed by atoms with E-state index in [0.29, 0.717) is 26.1 Å². The van der Waals surface area contributed by atoms with Gasteiger partial charge in [0.05, 0.1) is 25.3 Å². The maximum absolute atomic E-state index is 13.6. The molecule has 2 aromatic rings. The van der Waals surface area contributed by atoms with Gasteiger partial charge in [-0.15, -0.1) is 0 Å². The Morgan fingerprint density at radius 3 is 2.82 bits per heavy atom.